The summed E-state index contributed by atoms with van der Waals surface area (Å²) in [4.78, 5) is 11.9. The highest BCUT2D eigenvalue weighted by atomic mass is 16.2. The lowest BCUT2D eigenvalue weighted by molar-refractivity contribution is -0.121. The molecule has 0 spiro atoms. The van der Waals surface area contributed by atoms with Gasteiger partial charge in [0.05, 0.1) is 6.04 Å². The van der Waals surface area contributed by atoms with E-state index in [1.54, 1.807) is 0 Å². The molecule has 1 heterocycles. The van der Waals surface area contributed by atoms with Crippen LogP contribution in [0.4, 0.5) is 5.82 Å². The van der Waals surface area contributed by atoms with Gasteiger partial charge in [-0.15, -0.1) is 0 Å². The molecule has 0 fully saturated rings. The molecule has 1 aromatic carbocycles. The van der Waals surface area contributed by atoms with Gasteiger partial charge in [0.25, 0.3) is 0 Å². The Bertz CT molecular complexity index is 594. The molecule has 0 unspecified atom stereocenters. The van der Waals surface area contributed by atoms with E-state index in [-0.39, 0.29) is 18.0 Å². The number of carbonyl (C=O) groups is 1. The first-order valence-electron chi connectivity index (χ1n) is 7.76. The Morgan fingerprint density at radius 3 is 2.64 bits per heavy atom. The van der Waals surface area contributed by atoms with Gasteiger partial charge in [-0.3, -0.25) is 9.48 Å². The fraction of sp³-hybridized carbons (Fsp3) is 0.412. The average Bonchev–Trinajstić information content (AvgIpc) is 3.01. The van der Waals surface area contributed by atoms with Gasteiger partial charge >= 0.3 is 0 Å². The maximum Gasteiger partial charge on any atom is 0.242 e. The van der Waals surface area contributed by atoms with Crippen LogP contribution in [0.25, 0.3) is 0 Å². The van der Waals surface area contributed by atoms with Crippen molar-refractivity contribution in [1.29, 1.82) is 0 Å². The number of benzene rings is 1. The van der Waals surface area contributed by atoms with Crippen LogP contribution in [0.5, 0.6) is 0 Å². The van der Waals surface area contributed by atoms with E-state index in [1.165, 1.54) is 5.56 Å². The summed E-state index contributed by atoms with van der Waals surface area (Å²) in [7, 11) is 0. The summed E-state index contributed by atoms with van der Waals surface area (Å²) in [6.45, 7) is 6.67. The lowest BCUT2D eigenvalue weighted by Gasteiger charge is -2.14. The minimum Gasteiger partial charge on any atom is -0.357 e. The first-order chi connectivity index (χ1) is 10.6. The monoisotopic (exact) mass is 300 g/mol. The Kier molecular flexibility index (Phi) is 5.58. The molecular weight excluding hydrogens is 276 g/mol. The molecule has 2 atom stereocenters. The van der Waals surface area contributed by atoms with Crippen molar-refractivity contribution in [1.82, 2.24) is 15.1 Å². The SMILES string of the molecule is CCCNC(=O)[C@H](C)Nc1ccn([C@H](C)c2ccccc2)n1. The molecule has 0 radical (unpaired) electrons. The van der Waals surface area contributed by atoms with E-state index in [2.05, 4.69) is 34.8 Å². The van der Waals surface area contributed by atoms with Crippen molar-refractivity contribution in [3.63, 3.8) is 0 Å². The van der Waals surface area contributed by atoms with Gasteiger partial charge in [-0.2, -0.15) is 5.10 Å². The molecule has 0 saturated heterocycles. The Morgan fingerprint density at radius 2 is 1.95 bits per heavy atom. The molecule has 0 bridgehead atoms. The zero-order valence-electron chi connectivity index (χ0n) is 13.4. The van der Waals surface area contributed by atoms with Crippen molar-refractivity contribution in [2.45, 2.75) is 39.3 Å². The first-order valence-corrected chi connectivity index (χ1v) is 7.76. The van der Waals surface area contributed by atoms with Crippen LogP contribution in [0.2, 0.25) is 0 Å². The molecule has 0 aliphatic rings. The van der Waals surface area contributed by atoms with Gasteiger partial charge < -0.3 is 10.6 Å². The molecule has 0 saturated carbocycles. The number of hydrogen-bond donors (Lipinski definition) is 2. The van der Waals surface area contributed by atoms with Crippen LogP contribution in [0, 0.1) is 0 Å². The third-order valence-electron chi connectivity index (χ3n) is 3.59. The van der Waals surface area contributed by atoms with E-state index < -0.39 is 0 Å². The van der Waals surface area contributed by atoms with Crippen LogP contribution in [-0.4, -0.2) is 28.3 Å². The summed E-state index contributed by atoms with van der Waals surface area (Å²) in [6, 6.07) is 12.0. The maximum absolute atomic E-state index is 11.9. The topological polar surface area (TPSA) is 59.0 Å². The lowest BCUT2D eigenvalue weighted by Crippen LogP contribution is -2.38. The quantitative estimate of drug-likeness (QED) is 0.826. The second kappa shape index (κ2) is 7.64. The predicted molar refractivity (Wildman–Crippen MR) is 88.9 cm³/mol. The molecule has 5 nitrogen and oxygen atoms in total. The van der Waals surface area contributed by atoms with Crippen LogP contribution >= 0.6 is 0 Å². The van der Waals surface area contributed by atoms with Crippen molar-refractivity contribution in [2.24, 2.45) is 0 Å². The van der Waals surface area contributed by atoms with Crippen LogP contribution in [0.15, 0.2) is 42.6 Å². The summed E-state index contributed by atoms with van der Waals surface area (Å²) < 4.78 is 1.90. The zero-order valence-corrected chi connectivity index (χ0v) is 13.4. The fourth-order valence-electron chi connectivity index (χ4n) is 2.20. The molecule has 2 aromatic rings. The van der Waals surface area contributed by atoms with Crippen LogP contribution < -0.4 is 10.6 Å². The summed E-state index contributed by atoms with van der Waals surface area (Å²) in [5.74, 6) is 0.703. The number of nitrogens with zero attached hydrogens (tertiary/aromatic N) is 2. The lowest BCUT2D eigenvalue weighted by atomic mass is 10.1. The van der Waals surface area contributed by atoms with Gasteiger partial charge in [-0.05, 0) is 25.8 Å². The molecule has 5 heteroatoms. The Hall–Kier alpha value is -2.30. The van der Waals surface area contributed by atoms with E-state index >= 15 is 0 Å². The average molecular weight is 300 g/mol. The van der Waals surface area contributed by atoms with Crippen LogP contribution in [0.3, 0.4) is 0 Å². The minimum atomic E-state index is -0.304. The van der Waals surface area contributed by atoms with Crippen LogP contribution in [-0.2, 0) is 4.79 Å². The number of amides is 1. The van der Waals surface area contributed by atoms with Crippen molar-refractivity contribution < 1.29 is 4.79 Å². The number of carbonyl (C=O) groups excluding carboxylic acids is 1. The smallest absolute Gasteiger partial charge is 0.242 e. The highest BCUT2D eigenvalue weighted by Crippen LogP contribution is 2.18. The van der Waals surface area contributed by atoms with Gasteiger partial charge in [0.1, 0.15) is 11.9 Å². The van der Waals surface area contributed by atoms with E-state index in [9.17, 15) is 4.79 Å². The number of nitrogens with one attached hydrogen (secondary N) is 2. The third-order valence-corrected chi connectivity index (χ3v) is 3.59. The van der Waals surface area contributed by atoms with Crippen molar-refractivity contribution in [2.75, 3.05) is 11.9 Å². The fourth-order valence-corrected chi connectivity index (χ4v) is 2.20. The molecule has 0 aliphatic heterocycles. The van der Waals surface area contributed by atoms with Gasteiger partial charge in [-0.1, -0.05) is 37.3 Å². The predicted octanol–water partition coefficient (Wildman–Crippen LogP) is 2.82. The van der Waals surface area contributed by atoms with E-state index in [1.807, 2.05) is 49.0 Å². The van der Waals surface area contributed by atoms with Crippen LogP contribution in [0.1, 0.15) is 38.8 Å². The summed E-state index contributed by atoms with van der Waals surface area (Å²) in [5, 5.41) is 10.5. The molecule has 2 N–H and O–H groups in total. The number of aromatic nitrogens is 2. The van der Waals surface area contributed by atoms with Gasteiger partial charge in [0, 0.05) is 18.8 Å². The van der Waals surface area contributed by atoms with Crippen molar-refractivity contribution >= 4 is 11.7 Å². The highest BCUT2D eigenvalue weighted by Gasteiger charge is 2.14. The molecule has 1 amide bonds. The Morgan fingerprint density at radius 1 is 1.23 bits per heavy atom. The van der Waals surface area contributed by atoms with Crippen molar-refractivity contribution in [3.05, 3.63) is 48.2 Å². The number of rotatable bonds is 7. The third kappa shape index (κ3) is 4.10. The normalized spacial score (nSPS) is 13.4. The molecule has 0 aliphatic carbocycles. The van der Waals surface area contributed by atoms with E-state index in [4.69, 9.17) is 0 Å². The number of anilines is 1. The summed E-state index contributed by atoms with van der Waals surface area (Å²) >= 11 is 0. The second-order valence-corrected chi connectivity index (χ2v) is 5.42. The molecule has 118 valence electrons. The Balaban J connectivity index is 1.98. The second-order valence-electron chi connectivity index (χ2n) is 5.42. The van der Waals surface area contributed by atoms with Crippen molar-refractivity contribution in [3.8, 4) is 0 Å². The van der Waals surface area contributed by atoms with E-state index in [0.717, 1.165) is 6.42 Å². The summed E-state index contributed by atoms with van der Waals surface area (Å²) in [5.41, 5.74) is 1.20. The van der Waals surface area contributed by atoms with Gasteiger partial charge in [0.15, 0.2) is 0 Å². The standard InChI is InChI=1S/C17H24N4O/c1-4-11-18-17(22)13(2)19-16-10-12-21(20-16)14(3)15-8-6-5-7-9-15/h5-10,12-14H,4,11H2,1-3H3,(H,18,22)(H,19,20)/t13-,14+/m0/s1. The molecule has 1 aromatic heterocycles. The van der Waals surface area contributed by atoms with Gasteiger partial charge in [-0.25, -0.2) is 0 Å². The number of hydrogen-bond acceptors (Lipinski definition) is 3. The molecular formula is C17H24N4O. The maximum atomic E-state index is 11.9. The first kappa shape index (κ1) is 16.1. The zero-order chi connectivity index (χ0) is 15.9. The molecule has 22 heavy (non-hydrogen) atoms. The summed E-state index contributed by atoms with van der Waals surface area (Å²) in [6.07, 6.45) is 2.86. The highest BCUT2D eigenvalue weighted by molar-refractivity contribution is 5.83. The van der Waals surface area contributed by atoms with E-state index in [0.29, 0.717) is 12.4 Å². The Labute approximate surface area is 131 Å². The van der Waals surface area contributed by atoms with Gasteiger partial charge in [0.2, 0.25) is 5.91 Å². The minimum absolute atomic E-state index is 0.00694. The molecule has 2 rings (SSSR count). The largest absolute Gasteiger partial charge is 0.357 e.